The summed E-state index contributed by atoms with van der Waals surface area (Å²) in [6, 6.07) is 10.5. The lowest BCUT2D eigenvalue weighted by atomic mass is 10.0. The maximum Gasteiger partial charge on any atom is 0.160 e. The SMILES string of the molecule is S=C1CCCCCC(Cc2ccccc2)O1. The fourth-order valence-corrected chi connectivity index (χ4v) is 2.42. The minimum Gasteiger partial charge on any atom is -0.484 e. The zero-order valence-electron chi connectivity index (χ0n) is 9.52. The molecule has 0 radical (unpaired) electrons. The molecule has 2 heteroatoms. The zero-order chi connectivity index (χ0) is 11.2. The van der Waals surface area contributed by atoms with Gasteiger partial charge in [-0.25, -0.2) is 0 Å². The number of rotatable bonds is 2. The molecule has 1 unspecified atom stereocenters. The van der Waals surface area contributed by atoms with Gasteiger partial charge in [-0.05, 0) is 37.0 Å². The predicted octanol–water partition coefficient (Wildman–Crippen LogP) is 3.91. The Balaban J connectivity index is 1.94. The van der Waals surface area contributed by atoms with Crippen LogP contribution in [-0.4, -0.2) is 11.2 Å². The molecule has 1 saturated heterocycles. The highest BCUT2D eigenvalue weighted by molar-refractivity contribution is 7.80. The molecule has 1 atom stereocenters. The molecule has 1 nitrogen and oxygen atoms in total. The van der Waals surface area contributed by atoms with Crippen molar-refractivity contribution >= 4 is 17.3 Å². The van der Waals surface area contributed by atoms with E-state index in [1.807, 2.05) is 6.07 Å². The molecule has 0 bridgehead atoms. The number of thiocarbonyl (C=S) groups is 1. The molecule has 16 heavy (non-hydrogen) atoms. The number of ether oxygens (including phenoxy) is 1. The second-order valence-corrected chi connectivity index (χ2v) is 4.86. The summed E-state index contributed by atoms with van der Waals surface area (Å²) in [5.74, 6) is 0. The van der Waals surface area contributed by atoms with Crippen LogP contribution in [0.15, 0.2) is 30.3 Å². The maximum atomic E-state index is 5.83. The van der Waals surface area contributed by atoms with Gasteiger partial charge in [-0.15, -0.1) is 0 Å². The zero-order valence-corrected chi connectivity index (χ0v) is 10.3. The molecular formula is C14H18OS. The van der Waals surface area contributed by atoms with E-state index in [2.05, 4.69) is 24.3 Å². The molecular weight excluding hydrogens is 216 g/mol. The van der Waals surface area contributed by atoms with Crippen molar-refractivity contribution in [3.05, 3.63) is 35.9 Å². The van der Waals surface area contributed by atoms with E-state index in [1.54, 1.807) is 0 Å². The van der Waals surface area contributed by atoms with Crippen molar-refractivity contribution in [3.63, 3.8) is 0 Å². The fourth-order valence-electron chi connectivity index (χ4n) is 2.14. The van der Waals surface area contributed by atoms with Crippen LogP contribution in [0.5, 0.6) is 0 Å². The van der Waals surface area contributed by atoms with Crippen molar-refractivity contribution in [2.45, 2.75) is 44.6 Å². The van der Waals surface area contributed by atoms with E-state index in [9.17, 15) is 0 Å². The molecule has 1 aromatic rings. The molecule has 0 aromatic heterocycles. The molecule has 0 N–H and O–H groups in total. The van der Waals surface area contributed by atoms with Gasteiger partial charge in [0, 0.05) is 12.8 Å². The highest BCUT2D eigenvalue weighted by Crippen LogP contribution is 2.18. The Morgan fingerprint density at radius 1 is 1.12 bits per heavy atom. The summed E-state index contributed by atoms with van der Waals surface area (Å²) < 4.78 is 5.83. The minimum absolute atomic E-state index is 0.287. The molecule has 1 aliphatic heterocycles. The number of hydrogen-bond acceptors (Lipinski definition) is 2. The number of benzene rings is 1. The van der Waals surface area contributed by atoms with Crippen LogP contribution in [0.1, 0.15) is 37.7 Å². The first-order valence-electron chi connectivity index (χ1n) is 6.08. The smallest absolute Gasteiger partial charge is 0.160 e. The lowest BCUT2D eigenvalue weighted by molar-refractivity contribution is 0.167. The molecule has 0 aliphatic carbocycles. The van der Waals surface area contributed by atoms with Gasteiger partial charge in [0.25, 0.3) is 0 Å². The maximum absolute atomic E-state index is 5.83. The minimum atomic E-state index is 0.287. The molecule has 0 amide bonds. The third-order valence-corrected chi connectivity index (χ3v) is 3.31. The highest BCUT2D eigenvalue weighted by Gasteiger charge is 2.15. The van der Waals surface area contributed by atoms with Gasteiger partial charge >= 0.3 is 0 Å². The number of hydrogen-bond donors (Lipinski definition) is 0. The topological polar surface area (TPSA) is 9.23 Å². The first-order chi connectivity index (χ1) is 7.84. The van der Waals surface area contributed by atoms with Crippen molar-refractivity contribution < 1.29 is 4.74 Å². The summed E-state index contributed by atoms with van der Waals surface area (Å²) in [5, 5.41) is 0.806. The van der Waals surface area contributed by atoms with Crippen LogP contribution in [0.25, 0.3) is 0 Å². The summed E-state index contributed by atoms with van der Waals surface area (Å²) in [5.41, 5.74) is 1.34. The molecule has 0 saturated carbocycles. The Kier molecular flexibility index (Phi) is 4.34. The van der Waals surface area contributed by atoms with E-state index in [0.717, 1.165) is 24.3 Å². The van der Waals surface area contributed by atoms with Gasteiger partial charge < -0.3 is 4.74 Å². The summed E-state index contributed by atoms with van der Waals surface area (Å²) >= 11 is 5.22. The Morgan fingerprint density at radius 2 is 1.94 bits per heavy atom. The second-order valence-electron chi connectivity index (χ2n) is 4.40. The van der Waals surface area contributed by atoms with Crippen LogP contribution in [0, 0.1) is 0 Å². The van der Waals surface area contributed by atoms with Crippen molar-refractivity contribution in [1.82, 2.24) is 0 Å². The molecule has 1 heterocycles. The Labute approximate surface area is 103 Å². The van der Waals surface area contributed by atoms with Crippen molar-refractivity contribution in [2.75, 3.05) is 0 Å². The molecule has 86 valence electrons. The molecule has 1 fully saturated rings. The molecule has 0 spiro atoms. The lowest BCUT2D eigenvalue weighted by Gasteiger charge is -2.22. The summed E-state index contributed by atoms with van der Waals surface area (Å²) in [4.78, 5) is 0. The van der Waals surface area contributed by atoms with Crippen molar-refractivity contribution in [1.29, 1.82) is 0 Å². The van der Waals surface area contributed by atoms with Crippen LogP contribution in [-0.2, 0) is 11.2 Å². The molecule has 1 aliphatic rings. The van der Waals surface area contributed by atoms with E-state index >= 15 is 0 Å². The quantitative estimate of drug-likeness (QED) is 0.718. The fraction of sp³-hybridized carbons (Fsp3) is 0.500. The first kappa shape index (κ1) is 11.6. The predicted molar refractivity (Wildman–Crippen MR) is 70.7 cm³/mol. The van der Waals surface area contributed by atoms with Gasteiger partial charge in [0.1, 0.15) is 6.10 Å². The van der Waals surface area contributed by atoms with Crippen molar-refractivity contribution in [2.24, 2.45) is 0 Å². The Bertz CT molecular complexity index is 334. The standard InChI is InChI=1S/C14H18OS/c16-14-10-6-2-5-9-13(15-14)11-12-7-3-1-4-8-12/h1,3-4,7-8,13H,2,5-6,9-11H2. The first-order valence-corrected chi connectivity index (χ1v) is 6.49. The monoisotopic (exact) mass is 234 g/mol. The third-order valence-electron chi connectivity index (χ3n) is 3.01. The van der Waals surface area contributed by atoms with Crippen molar-refractivity contribution in [3.8, 4) is 0 Å². The van der Waals surface area contributed by atoms with Crippen LogP contribution < -0.4 is 0 Å². The van der Waals surface area contributed by atoms with E-state index < -0.39 is 0 Å². The van der Waals surface area contributed by atoms with Gasteiger partial charge in [-0.1, -0.05) is 36.8 Å². The average Bonchev–Trinajstić information content (AvgIpc) is 2.27. The summed E-state index contributed by atoms with van der Waals surface area (Å²) in [7, 11) is 0. The van der Waals surface area contributed by atoms with Gasteiger partial charge in [0.2, 0.25) is 0 Å². The highest BCUT2D eigenvalue weighted by atomic mass is 32.1. The van der Waals surface area contributed by atoms with Gasteiger partial charge in [-0.2, -0.15) is 0 Å². The molecule has 2 rings (SSSR count). The summed E-state index contributed by atoms with van der Waals surface area (Å²) in [6.07, 6.45) is 7.11. The van der Waals surface area contributed by atoms with Crippen LogP contribution in [0.4, 0.5) is 0 Å². The normalized spacial score (nSPS) is 22.0. The van der Waals surface area contributed by atoms with Gasteiger partial charge in [0.05, 0.1) is 0 Å². The third kappa shape index (κ3) is 3.60. The van der Waals surface area contributed by atoms with E-state index in [-0.39, 0.29) is 6.10 Å². The van der Waals surface area contributed by atoms with E-state index in [1.165, 1.54) is 24.8 Å². The van der Waals surface area contributed by atoms with E-state index in [4.69, 9.17) is 17.0 Å². The van der Waals surface area contributed by atoms with E-state index in [0.29, 0.717) is 0 Å². The van der Waals surface area contributed by atoms with Gasteiger partial charge in [0.15, 0.2) is 5.05 Å². The Morgan fingerprint density at radius 3 is 2.75 bits per heavy atom. The summed E-state index contributed by atoms with van der Waals surface area (Å²) in [6.45, 7) is 0. The lowest BCUT2D eigenvalue weighted by Crippen LogP contribution is -2.21. The Hall–Kier alpha value is -0.890. The molecule has 1 aromatic carbocycles. The average molecular weight is 234 g/mol. The van der Waals surface area contributed by atoms with Crippen LogP contribution >= 0.6 is 12.2 Å². The van der Waals surface area contributed by atoms with Crippen LogP contribution in [0.2, 0.25) is 0 Å². The van der Waals surface area contributed by atoms with Crippen LogP contribution in [0.3, 0.4) is 0 Å². The second kappa shape index (κ2) is 6.00. The largest absolute Gasteiger partial charge is 0.484 e. The van der Waals surface area contributed by atoms with Gasteiger partial charge in [-0.3, -0.25) is 0 Å².